The summed E-state index contributed by atoms with van der Waals surface area (Å²) in [6.45, 7) is 4.91. The Morgan fingerprint density at radius 1 is 1.30 bits per heavy atom. The molecule has 118 valence electrons. The standard InChI is InChI=1S/C14H27N3O2.HI/c1-18-9-6-14(4-2-3-5-14)12-16-13(15)17-7-10-19-11-8-17;/h2-12H2,1H3,(H2,15,16);1H. The second kappa shape index (κ2) is 9.04. The molecule has 0 radical (unpaired) electrons. The minimum absolute atomic E-state index is 0. The number of nitrogens with two attached hydrogens (primary N) is 1. The molecule has 0 unspecified atom stereocenters. The van der Waals surface area contributed by atoms with Crippen LogP contribution in [0.3, 0.4) is 0 Å². The molecule has 1 heterocycles. The van der Waals surface area contributed by atoms with E-state index in [0.29, 0.717) is 11.4 Å². The number of methoxy groups -OCH3 is 1. The summed E-state index contributed by atoms with van der Waals surface area (Å²) in [5, 5.41) is 0. The van der Waals surface area contributed by atoms with Crippen molar-refractivity contribution in [2.45, 2.75) is 32.1 Å². The zero-order valence-electron chi connectivity index (χ0n) is 12.5. The van der Waals surface area contributed by atoms with Gasteiger partial charge in [0, 0.05) is 33.4 Å². The van der Waals surface area contributed by atoms with Crippen LogP contribution >= 0.6 is 24.0 Å². The molecule has 2 aliphatic rings. The lowest BCUT2D eigenvalue weighted by molar-refractivity contribution is 0.0672. The fraction of sp³-hybridized carbons (Fsp3) is 0.929. The van der Waals surface area contributed by atoms with Gasteiger partial charge in [-0.3, -0.25) is 4.99 Å². The van der Waals surface area contributed by atoms with Crippen molar-refractivity contribution in [3.63, 3.8) is 0 Å². The van der Waals surface area contributed by atoms with E-state index in [9.17, 15) is 0 Å². The number of morpholine rings is 1. The maximum atomic E-state index is 6.10. The minimum Gasteiger partial charge on any atom is -0.385 e. The highest BCUT2D eigenvalue weighted by atomic mass is 127. The van der Waals surface area contributed by atoms with E-state index in [1.54, 1.807) is 7.11 Å². The molecule has 2 fully saturated rings. The van der Waals surface area contributed by atoms with Gasteiger partial charge in [0.05, 0.1) is 13.2 Å². The smallest absolute Gasteiger partial charge is 0.191 e. The van der Waals surface area contributed by atoms with Crippen molar-refractivity contribution < 1.29 is 9.47 Å². The molecule has 0 aromatic rings. The van der Waals surface area contributed by atoms with Crippen LogP contribution in [0.25, 0.3) is 0 Å². The molecule has 1 saturated heterocycles. The van der Waals surface area contributed by atoms with Gasteiger partial charge in [-0.15, -0.1) is 24.0 Å². The van der Waals surface area contributed by atoms with E-state index in [0.717, 1.165) is 45.9 Å². The van der Waals surface area contributed by atoms with Crippen molar-refractivity contribution in [1.82, 2.24) is 4.90 Å². The largest absolute Gasteiger partial charge is 0.385 e. The molecule has 2 N–H and O–H groups in total. The lowest BCUT2D eigenvalue weighted by atomic mass is 9.83. The average Bonchev–Trinajstić information content (AvgIpc) is 2.93. The molecule has 1 aliphatic heterocycles. The number of ether oxygens (including phenoxy) is 2. The third kappa shape index (κ3) is 5.04. The van der Waals surface area contributed by atoms with Gasteiger partial charge in [0.1, 0.15) is 0 Å². The van der Waals surface area contributed by atoms with Gasteiger partial charge in [0.2, 0.25) is 0 Å². The quantitative estimate of drug-likeness (QED) is 0.437. The molecule has 20 heavy (non-hydrogen) atoms. The molecule has 5 nitrogen and oxygen atoms in total. The number of hydrogen-bond acceptors (Lipinski definition) is 3. The molecular formula is C14H28IN3O2. The molecule has 1 saturated carbocycles. The molecule has 6 heteroatoms. The molecule has 2 rings (SSSR count). The fourth-order valence-corrected chi connectivity index (χ4v) is 3.07. The molecular weight excluding hydrogens is 369 g/mol. The third-order valence-electron chi connectivity index (χ3n) is 4.41. The molecule has 0 aromatic carbocycles. The topological polar surface area (TPSA) is 60.1 Å². The van der Waals surface area contributed by atoms with E-state index in [2.05, 4.69) is 9.89 Å². The Kier molecular flexibility index (Phi) is 8.13. The van der Waals surface area contributed by atoms with Crippen LogP contribution in [0, 0.1) is 5.41 Å². The van der Waals surface area contributed by atoms with Crippen molar-refractivity contribution in [2.24, 2.45) is 16.1 Å². The van der Waals surface area contributed by atoms with Crippen LogP contribution in [-0.4, -0.2) is 57.4 Å². The Bertz CT molecular complexity index is 301. The number of nitrogens with zero attached hydrogens (tertiary/aromatic N) is 2. The van der Waals surface area contributed by atoms with E-state index in [-0.39, 0.29) is 24.0 Å². The van der Waals surface area contributed by atoms with Gasteiger partial charge in [0.25, 0.3) is 0 Å². The fourth-order valence-electron chi connectivity index (χ4n) is 3.07. The Morgan fingerprint density at radius 2 is 1.95 bits per heavy atom. The maximum Gasteiger partial charge on any atom is 0.191 e. The van der Waals surface area contributed by atoms with Crippen molar-refractivity contribution in [3.8, 4) is 0 Å². The zero-order chi connectivity index (χ0) is 13.6. The molecule has 0 amide bonds. The van der Waals surface area contributed by atoms with Crippen LogP contribution in [0.2, 0.25) is 0 Å². The van der Waals surface area contributed by atoms with E-state index in [4.69, 9.17) is 15.2 Å². The van der Waals surface area contributed by atoms with Gasteiger partial charge >= 0.3 is 0 Å². The number of aliphatic imine (C=N–C) groups is 1. The second-order valence-corrected chi connectivity index (χ2v) is 5.72. The van der Waals surface area contributed by atoms with E-state index in [1.807, 2.05) is 0 Å². The summed E-state index contributed by atoms with van der Waals surface area (Å²) >= 11 is 0. The maximum absolute atomic E-state index is 6.10. The predicted octanol–water partition coefficient (Wildman–Crippen LogP) is 1.85. The highest BCUT2D eigenvalue weighted by molar-refractivity contribution is 14.0. The first-order valence-corrected chi connectivity index (χ1v) is 7.37. The average molecular weight is 397 g/mol. The molecule has 1 aliphatic carbocycles. The van der Waals surface area contributed by atoms with Gasteiger partial charge in [0.15, 0.2) is 5.96 Å². The first-order valence-electron chi connectivity index (χ1n) is 7.37. The summed E-state index contributed by atoms with van der Waals surface area (Å²) in [4.78, 5) is 6.79. The normalized spacial score (nSPS) is 22.6. The number of halogens is 1. The highest BCUT2D eigenvalue weighted by Gasteiger charge is 2.33. The zero-order valence-corrected chi connectivity index (χ0v) is 14.8. The SMILES string of the molecule is COCCC1(CN=C(N)N2CCOCC2)CCCC1.I. The summed E-state index contributed by atoms with van der Waals surface area (Å²) in [7, 11) is 1.77. The van der Waals surface area contributed by atoms with Crippen molar-refractivity contribution >= 4 is 29.9 Å². The van der Waals surface area contributed by atoms with Crippen LogP contribution in [0.1, 0.15) is 32.1 Å². The van der Waals surface area contributed by atoms with E-state index in [1.165, 1.54) is 25.7 Å². The Morgan fingerprint density at radius 3 is 2.55 bits per heavy atom. The van der Waals surface area contributed by atoms with Crippen LogP contribution in [0.15, 0.2) is 4.99 Å². The van der Waals surface area contributed by atoms with Gasteiger partial charge in [-0.25, -0.2) is 0 Å². The summed E-state index contributed by atoms with van der Waals surface area (Å²) in [6, 6.07) is 0. The summed E-state index contributed by atoms with van der Waals surface area (Å²) in [5.74, 6) is 0.687. The number of guanidine groups is 1. The number of hydrogen-bond donors (Lipinski definition) is 1. The Balaban J connectivity index is 0.00000200. The minimum atomic E-state index is 0. The third-order valence-corrected chi connectivity index (χ3v) is 4.41. The van der Waals surface area contributed by atoms with Crippen LogP contribution < -0.4 is 5.73 Å². The van der Waals surface area contributed by atoms with Crippen LogP contribution in [0.5, 0.6) is 0 Å². The van der Waals surface area contributed by atoms with E-state index < -0.39 is 0 Å². The lowest BCUT2D eigenvalue weighted by Gasteiger charge is -2.30. The Hall–Kier alpha value is -0.0800. The molecule has 0 spiro atoms. The highest BCUT2D eigenvalue weighted by Crippen LogP contribution is 2.41. The monoisotopic (exact) mass is 397 g/mol. The molecule has 0 atom stereocenters. The van der Waals surface area contributed by atoms with Gasteiger partial charge in [-0.2, -0.15) is 0 Å². The first kappa shape index (κ1) is 18.0. The summed E-state index contributed by atoms with van der Waals surface area (Å²) in [6.07, 6.45) is 6.25. The summed E-state index contributed by atoms with van der Waals surface area (Å²) in [5.41, 5.74) is 6.43. The molecule has 0 aromatic heterocycles. The van der Waals surface area contributed by atoms with Crippen LogP contribution in [-0.2, 0) is 9.47 Å². The predicted molar refractivity (Wildman–Crippen MR) is 91.7 cm³/mol. The van der Waals surface area contributed by atoms with E-state index >= 15 is 0 Å². The first-order chi connectivity index (χ1) is 9.26. The van der Waals surface area contributed by atoms with Crippen LogP contribution in [0.4, 0.5) is 0 Å². The summed E-state index contributed by atoms with van der Waals surface area (Å²) < 4.78 is 10.6. The molecule has 0 bridgehead atoms. The lowest BCUT2D eigenvalue weighted by Crippen LogP contribution is -2.45. The van der Waals surface area contributed by atoms with Gasteiger partial charge in [-0.1, -0.05) is 12.8 Å². The van der Waals surface area contributed by atoms with Gasteiger partial charge < -0.3 is 20.1 Å². The number of rotatable bonds is 5. The van der Waals surface area contributed by atoms with Crippen molar-refractivity contribution in [2.75, 3.05) is 46.6 Å². The van der Waals surface area contributed by atoms with Gasteiger partial charge in [-0.05, 0) is 24.7 Å². The van der Waals surface area contributed by atoms with Crippen molar-refractivity contribution in [1.29, 1.82) is 0 Å². The Labute approximate surface area is 139 Å². The second-order valence-electron chi connectivity index (χ2n) is 5.72. The van der Waals surface area contributed by atoms with Crippen molar-refractivity contribution in [3.05, 3.63) is 0 Å².